The van der Waals surface area contributed by atoms with Crippen molar-refractivity contribution in [1.82, 2.24) is 4.90 Å². The largest absolute Gasteiger partial charge is 0.493 e. The molecule has 4 rings (SSSR count). The Morgan fingerprint density at radius 3 is 2.55 bits per heavy atom. The quantitative estimate of drug-likeness (QED) is 0.604. The van der Waals surface area contributed by atoms with Crippen LogP contribution in [0.25, 0.3) is 6.08 Å². The van der Waals surface area contributed by atoms with E-state index in [0.29, 0.717) is 17.1 Å². The molecular weight excluding hydrogens is 394 g/mol. The maximum Gasteiger partial charge on any atom is 0.417 e. The van der Waals surface area contributed by atoms with Crippen molar-refractivity contribution in [3.05, 3.63) is 65.2 Å². The minimum Gasteiger partial charge on any atom is -0.493 e. The van der Waals surface area contributed by atoms with Crippen LogP contribution in [0.5, 0.6) is 11.5 Å². The van der Waals surface area contributed by atoms with Crippen LogP contribution < -0.4 is 9.47 Å². The van der Waals surface area contributed by atoms with E-state index in [1.54, 1.807) is 20.1 Å². The molecular formula is C25H27NO5. The van der Waals surface area contributed by atoms with Crippen LogP contribution >= 0.6 is 0 Å². The van der Waals surface area contributed by atoms with E-state index < -0.39 is 12.1 Å². The highest BCUT2D eigenvalue weighted by atomic mass is 16.6. The molecule has 0 radical (unpaired) electrons. The molecule has 1 saturated heterocycles. The van der Waals surface area contributed by atoms with Gasteiger partial charge in [0.25, 0.3) is 5.91 Å². The number of hydrogen-bond acceptors (Lipinski definition) is 5. The summed E-state index contributed by atoms with van der Waals surface area (Å²) >= 11 is 0. The van der Waals surface area contributed by atoms with Gasteiger partial charge in [0.1, 0.15) is 12.6 Å². The lowest BCUT2D eigenvalue weighted by atomic mass is 10.1. The van der Waals surface area contributed by atoms with Crippen molar-refractivity contribution >= 4 is 18.1 Å². The first-order chi connectivity index (χ1) is 15.1. The lowest BCUT2D eigenvalue weighted by molar-refractivity contribution is -0.125. The van der Waals surface area contributed by atoms with Gasteiger partial charge in [-0.3, -0.25) is 4.79 Å². The van der Waals surface area contributed by atoms with E-state index in [0.717, 1.165) is 24.0 Å². The van der Waals surface area contributed by atoms with E-state index in [-0.39, 0.29) is 18.6 Å². The van der Waals surface area contributed by atoms with Crippen LogP contribution in [0.2, 0.25) is 0 Å². The molecule has 1 aliphatic heterocycles. The zero-order valence-corrected chi connectivity index (χ0v) is 17.9. The van der Waals surface area contributed by atoms with Crippen LogP contribution in [0, 0.1) is 0 Å². The van der Waals surface area contributed by atoms with Crippen molar-refractivity contribution in [3.63, 3.8) is 0 Å². The first-order valence-electron chi connectivity index (χ1n) is 10.6. The topological polar surface area (TPSA) is 65.1 Å². The number of methoxy groups -OCH3 is 1. The Morgan fingerprint density at radius 1 is 1.10 bits per heavy atom. The SMILES string of the molecule is COc1ccc(C=C(C)C(=O)N2C(=O)OC[C@H]2c2ccccc2)cc1OC1CCCC1. The third kappa shape index (κ3) is 4.58. The van der Waals surface area contributed by atoms with Gasteiger partial charge in [0, 0.05) is 5.57 Å². The smallest absolute Gasteiger partial charge is 0.417 e. The summed E-state index contributed by atoms with van der Waals surface area (Å²) in [5, 5.41) is 0. The zero-order chi connectivity index (χ0) is 21.8. The second kappa shape index (κ2) is 9.25. The number of ether oxygens (including phenoxy) is 3. The molecule has 0 bridgehead atoms. The van der Waals surface area contributed by atoms with Gasteiger partial charge in [0.2, 0.25) is 0 Å². The average molecular weight is 421 g/mol. The summed E-state index contributed by atoms with van der Waals surface area (Å²) in [6.07, 6.45) is 5.77. The van der Waals surface area contributed by atoms with E-state index in [9.17, 15) is 9.59 Å². The first kappa shape index (κ1) is 21.0. The molecule has 6 nitrogen and oxygen atoms in total. The number of benzene rings is 2. The summed E-state index contributed by atoms with van der Waals surface area (Å²) in [5.74, 6) is 0.969. The maximum absolute atomic E-state index is 13.1. The fourth-order valence-electron chi connectivity index (χ4n) is 4.13. The molecule has 0 spiro atoms. The van der Waals surface area contributed by atoms with Crippen molar-refractivity contribution in [2.75, 3.05) is 13.7 Å². The van der Waals surface area contributed by atoms with Gasteiger partial charge in [-0.2, -0.15) is 0 Å². The molecule has 162 valence electrons. The fraction of sp³-hybridized carbons (Fsp3) is 0.360. The van der Waals surface area contributed by atoms with E-state index in [1.165, 1.54) is 17.7 Å². The van der Waals surface area contributed by atoms with Crippen molar-refractivity contribution < 1.29 is 23.8 Å². The molecule has 31 heavy (non-hydrogen) atoms. The number of rotatable bonds is 6. The number of cyclic esters (lactones) is 1. The number of nitrogens with zero attached hydrogens (tertiary/aromatic N) is 1. The van der Waals surface area contributed by atoms with Crippen LogP contribution in [0.4, 0.5) is 4.79 Å². The molecule has 2 aromatic carbocycles. The van der Waals surface area contributed by atoms with Gasteiger partial charge < -0.3 is 14.2 Å². The molecule has 0 aromatic heterocycles. The first-order valence-corrected chi connectivity index (χ1v) is 10.6. The zero-order valence-electron chi connectivity index (χ0n) is 17.9. The Morgan fingerprint density at radius 2 is 1.84 bits per heavy atom. The molecule has 6 heteroatoms. The van der Waals surface area contributed by atoms with Gasteiger partial charge in [0.15, 0.2) is 11.5 Å². The van der Waals surface area contributed by atoms with Gasteiger partial charge in [-0.15, -0.1) is 0 Å². The average Bonchev–Trinajstić information content (AvgIpc) is 3.43. The minimum absolute atomic E-state index is 0.157. The highest BCUT2D eigenvalue weighted by Crippen LogP contribution is 2.34. The molecule has 1 atom stereocenters. The standard InChI is InChI=1S/C25H27NO5/c1-17(24(27)26-21(16-30-25(26)28)19-8-4-3-5-9-19)14-18-12-13-22(29-2)23(15-18)31-20-10-6-7-11-20/h3-5,8-9,12-15,20-21H,6-7,10-11,16H2,1-2H3/t21-/m0/s1. The summed E-state index contributed by atoms with van der Waals surface area (Å²) in [6, 6.07) is 14.6. The summed E-state index contributed by atoms with van der Waals surface area (Å²) in [7, 11) is 1.61. The molecule has 1 aliphatic carbocycles. The van der Waals surface area contributed by atoms with Gasteiger partial charge in [-0.05, 0) is 61.9 Å². The highest BCUT2D eigenvalue weighted by molar-refractivity contribution is 6.05. The van der Waals surface area contributed by atoms with Crippen LogP contribution in [0.1, 0.15) is 49.8 Å². The molecule has 2 aliphatic rings. The molecule has 2 fully saturated rings. The van der Waals surface area contributed by atoms with Crippen molar-refractivity contribution in [2.45, 2.75) is 44.8 Å². The Balaban J connectivity index is 1.56. The second-order valence-electron chi connectivity index (χ2n) is 7.94. The van der Waals surface area contributed by atoms with Crippen LogP contribution in [-0.2, 0) is 9.53 Å². The van der Waals surface area contributed by atoms with Gasteiger partial charge >= 0.3 is 6.09 Å². The number of amides is 2. The van der Waals surface area contributed by atoms with Gasteiger partial charge in [-0.25, -0.2) is 9.69 Å². The van der Waals surface area contributed by atoms with Crippen LogP contribution in [0.3, 0.4) is 0 Å². The monoisotopic (exact) mass is 421 g/mol. The normalized spacial score (nSPS) is 19.4. The molecule has 0 N–H and O–H groups in total. The Bertz CT molecular complexity index is 979. The van der Waals surface area contributed by atoms with Crippen LogP contribution in [-0.4, -0.2) is 36.7 Å². The van der Waals surface area contributed by atoms with Gasteiger partial charge in [0.05, 0.1) is 13.2 Å². The van der Waals surface area contributed by atoms with Gasteiger partial charge in [-0.1, -0.05) is 36.4 Å². The minimum atomic E-state index is -0.619. The fourth-order valence-corrected chi connectivity index (χ4v) is 4.13. The van der Waals surface area contributed by atoms with E-state index in [2.05, 4.69) is 0 Å². The van der Waals surface area contributed by atoms with E-state index in [1.807, 2.05) is 48.5 Å². The van der Waals surface area contributed by atoms with E-state index >= 15 is 0 Å². The van der Waals surface area contributed by atoms with Crippen molar-refractivity contribution in [3.8, 4) is 11.5 Å². The summed E-state index contributed by atoms with van der Waals surface area (Å²) in [4.78, 5) is 26.6. The Hall–Kier alpha value is -3.28. The molecule has 2 aromatic rings. The van der Waals surface area contributed by atoms with Crippen LogP contribution in [0.15, 0.2) is 54.1 Å². The Kier molecular flexibility index (Phi) is 6.26. The highest BCUT2D eigenvalue weighted by Gasteiger charge is 2.39. The summed E-state index contributed by atoms with van der Waals surface area (Å²) in [6.45, 7) is 1.86. The number of imide groups is 1. The van der Waals surface area contributed by atoms with E-state index in [4.69, 9.17) is 14.2 Å². The number of carbonyl (C=O) groups is 2. The predicted molar refractivity (Wildman–Crippen MR) is 117 cm³/mol. The maximum atomic E-state index is 13.1. The third-order valence-electron chi connectivity index (χ3n) is 5.78. The molecule has 1 saturated carbocycles. The summed E-state index contributed by atoms with van der Waals surface area (Å²) < 4.78 is 16.8. The Labute approximate surface area is 182 Å². The second-order valence-corrected chi connectivity index (χ2v) is 7.94. The molecule has 1 heterocycles. The summed E-state index contributed by atoms with van der Waals surface area (Å²) in [5.41, 5.74) is 2.12. The van der Waals surface area contributed by atoms with Crippen molar-refractivity contribution in [1.29, 1.82) is 0 Å². The predicted octanol–water partition coefficient (Wildman–Crippen LogP) is 5.14. The number of carbonyl (C=O) groups excluding carboxylic acids is 2. The molecule has 2 amide bonds. The third-order valence-corrected chi connectivity index (χ3v) is 5.78. The lowest BCUT2D eigenvalue weighted by Crippen LogP contribution is -2.34. The molecule has 0 unspecified atom stereocenters. The van der Waals surface area contributed by atoms with Crippen molar-refractivity contribution in [2.24, 2.45) is 0 Å². The lowest BCUT2D eigenvalue weighted by Gasteiger charge is -2.20. The number of hydrogen-bond donors (Lipinski definition) is 0.